The van der Waals surface area contributed by atoms with E-state index in [1.807, 2.05) is 0 Å². The average Bonchev–Trinajstić information content (AvgIpc) is 2.45. The molecule has 0 saturated carbocycles. The van der Waals surface area contributed by atoms with Gasteiger partial charge in [0.2, 0.25) is 0 Å². The number of benzene rings is 1. The molecular weight excluding hydrogens is 295 g/mol. The van der Waals surface area contributed by atoms with Gasteiger partial charge in [0.05, 0.1) is 19.4 Å². The van der Waals surface area contributed by atoms with Crippen molar-refractivity contribution in [1.82, 2.24) is 9.55 Å². The zero-order chi connectivity index (χ0) is 15.4. The van der Waals surface area contributed by atoms with Gasteiger partial charge in [0.15, 0.2) is 4.77 Å². The van der Waals surface area contributed by atoms with Crippen molar-refractivity contribution in [2.75, 3.05) is 20.8 Å². The van der Waals surface area contributed by atoms with Gasteiger partial charge < -0.3 is 14.0 Å². The van der Waals surface area contributed by atoms with Crippen LogP contribution in [0.5, 0.6) is 5.75 Å². The van der Waals surface area contributed by atoms with E-state index in [4.69, 9.17) is 21.7 Å². The van der Waals surface area contributed by atoms with Crippen LogP contribution in [-0.4, -0.2) is 30.4 Å². The van der Waals surface area contributed by atoms with E-state index in [2.05, 4.69) is 4.98 Å². The molecule has 5 nitrogen and oxygen atoms in total. The van der Waals surface area contributed by atoms with E-state index in [1.165, 1.54) is 31.4 Å². The van der Waals surface area contributed by atoms with Gasteiger partial charge in [0, 0.05) is 25.3 Å². The van der Waals surface area contributed by atoms with Crippen molar-refractivity contribution in [1.29, 1.82) is 0 Å². The van der Waals surface area contributed by atoms with Crippen LogP contribution in [0.25, 0.3) is 11.3 Å². The van der Waals surface area contributed by atoms with Gasteiger partial charge in [0.25, 0.3) is 5.56 Å². The first kappa shape index (κ1) is 15.4. The van der Waals surface area contributed by atoms with Crippen molar-refractivity contribution in [3.05, 3.63) is 45.2 Å². The fraction of sp³-hybridized carbons (Fsp3) is 0.286. The van der Waals surface area contributed by atoms with Crippen LogP contribution in [0.2, 0.25) is 0 Å². The molecule has 0 radical (unpaired) electrons. The smallest absolute Gasteiger partial charge is 0.252 e. The second-order valence-corrected chi connectivity index (χ2v) is 4.70. The SMILES string of the molecule is COCCn1c(-c2cc(F)ccc2OC)cc(=O)[nH]c1=S. The molecule has 1 N–H and O–H groups in total. The molecule has 0 aliphatic carbocycles. The number of H-pyrrole nitrogens is 1. The summed E-state index contributed by atoms with van der Waals surface area (Å²) in [6, 6.07) is 5.48. The Morgan fingerprint density at radius 3 is 2.76 bits per heavy atom. The first-order chi connectivity index (χ1) is 10.1. The van der Waals surface area contributed by atoms with Gasteiger partial charge in [-0.1, -0.05) is 0 Å². The first-order valence-corrected chi connectivity index (χ1v) is 6.64. The summed E-state index contributed by atoms with van der Waals surface area (Å²) in [6.45, 7) is 0.839. The molecule has 0 bridgehead atoms. The predicted molar refractivity (Wildman–Crippen MR) is 79.7 cm³/mol. The van der Waals surface area contributed by atoms with Crippen molar-refractivity contribution in [2.24, 2.45) is 0 Å². The number of nitrogens with one attached hydrogen (secondary N) is 1. The molecule has 0 saturated heterocycles. The van der Waals surface area contributed by atoms with Gasteiger partial charge in [-0.05, 0) is 30.4 Å². The molecule has 1 heterocycles. The van der Waals surface area contributed by atoms with Crippen LogP contribution in [0, 0.1) is 10.6 Å². The number of methoxy groups -OCH3 is 2. The number of nitrogens with zero attached hydrogens (tertiary/aromatic N) is 1. The number of rotatable bonds is 5. The van der Waals surface area contributed by atoms with Crippen LogP contribution in [0.3, 0.4) is 0 Å². The van der Waals surface area contributed by atoms with Crippen molar-refractivity contribution in [3.8, 4) is 17.0 Å². The van der Waals surface area contributed by atoms with Gasteiger partial charge in [-0.3, -0.25) is 9.78 Å². The summed E-state index contributed by atoms with van der Waals surface area (Å²) in [4.78, 5) is 14.2. The lowest BCUT2D eigenvalue weighted by Gasteiger charge is -2.15. The number of aromatic amines is 1. The van der Waals surface area contributed by atoms with Crippen LogP contribution in [0.4, 0.5) is 4.39 Å². The van der Waals surface area contributed by atoms with E-state index in [9.17, 15) is 9.18 Å². The summed E-state index contributed by atoms with van der Waals surface area (Å²) in [5, 5.41) is 0. The lowest BCUT2D eigenvalue weighted by molar-refractivity contribution is 0.186. The molecule has 0 spiro atoms. The highest BCUT2D eigenvalue weighted by molar-refractivity contribution is 7.71. The molecule has 0 aliphatic heterocycles. The van der Waals surface area contributed by atoms with E-state index in [1.54, 1.807) is 11.7 Å². The molecular formula is C14H15FN2O3S. The zero-order valence-corrected chi connectivity index (χ0v) is 12.5. The molecule has 0 amide bonds. The fourth-order valence-corrected chi connectivity index (χ4v) is 2.32. The minimum absolute atomic E-state index is 0.251. The molecule has 0 unspecified atom stereocenters. The quantitative estimate of drug-likeness (QED) is 0.862. The van der Waals surface area contributed by atoms with Crippen molar-refractivity contribution in [3.63, 3.8) is 0 Å². The number of ether oxygens (including phenoxy) is 2. The molecule has 0 atom stereocenters. The molecule has 1 aromatic carbocycles. The molecule has 112 valence electrons. The Bertz CT molecular complexity index is 755. The van der Waals surface area contributed by atoms with Crippen molar-refractivity contribution in [2.45, 2.75) is 6.54 Å². The number of aromatic nitrogens is 2. The minimum atomic E-state index is -0.421. The molecule has 21 heavy (non-hydrogen) atoms. The van der Waals surface area contributed by atoms with Gasteiger partial charge in [-0.2, -0.15) is 0 Å². The number of halogens is 1. The number of hydrogen-bond donors (Lipinski definition) is 1. The largest absolute Gasteiger partial charge is 0.496 e. The lowest BCUT2D eigenvalue weighted by atomic mass is 10.1. The van der Waals surface area contributed by atoms with E-state index in [0.717, 1.165) is 0 Å². The molecule has 2 aromatic rings. The molecule has 7 heteroatoms. The third-order valence-corrected chi connectivity index (χ3v) is 3.31. The molecule has 2 rings (SSSR count). The topological polar surface area (TPSA) is 56.2 Å². The summed E-state index contributed by atoms with van der Waals surface area (Å²) in [7, 11) is 3.05. The molecule has 0 aliphatic rings. The maximum Gasteiger partial charge on any atom is 0.252 e. The Balaban J connectivity index is 2.70. The minimum Gasteiger partial charge on any atom is -0.496 e. The average molecular weight is 310 g/mol. The van der Waals surface area contributed by atoms with E-state index in [-0.39, 0.29) is 10.3 Å². The maximum absolute atomic E-state index is 13.6. The zero-order valence-electron chi connectivity index (χ0n) is 11.7. The highest BCUT2D eigenvalue weighted by atomic mass is 32.1. The summed E-state index contributed by atoms with van der Waals surface area (Å²) >= 11 is 5.17. The van der Waals surface area contributed by atoms with Crippen LogP contribution in [-0.2, 0) is 11.3 Å². The summed E-state index contributed by atoms with van der Waals surface area (Å²) < 4.78 is 25.8. The first-order valence-electron chi connectivity index (χ1n) is 6.24. The second-order valence-electron chi connectivity index (χ2n) is 4.31. The summed E-state index contributed by atoms with van der Waals surface area (Å²) in [6.07, 6.45) is 0. The fourth-order valence-electron chi connectivity index (χ4n) is 2.03. The summed E-state index contributed by atoms with van der Waals surface area (Å²) in [5.41, 5.74) is 0.595. The Hall–Kier alpha value is -1.99. The third kappa shape index (κ3) is 3.37. The van der Waals surface area contributed by atoms with E-state index >= 15 is 0 Å². The Morgan fingerprint density at radius 2 is 2.10 bits per heavy atom. The van der Waals surface area contributed by atoms with Crippen LogP contribution < -0.4 is 10.3 Å². The van der Waals surface area contributed by atoms with Crippen LogP contribution >= 0.6 is 12.2 Å². The monoisotopic (exact) mass is 310 g/mol. The number of hydrogen-bond acceptors (Lipinski definition) is 4. The third-order valence-electron chi connectivity index (χ3n) is 2.99. The normalized spacial score (nSPS) is 10.6. The highest BCUT2D eigenvalue weighted by Gasteiger charge is 2.13. The van der Waals surface area contributed by atoms with Crippen molar-refractivity contribution < 1.29 is 13.9 Å². The lowest BCUT2D eigenvalue weighted by Crippen LogP contribution is -2.17. The molecule has 1 aromatic heterocycles. The van der Waals surface area contributed by atoms with E-state index < -0.39 is 5.82 Å². The van der Waals surface area contributed by atoms with E-state index in [0.29, 0.717) is 30.2 Å². The Kier molecular flexibility index (Phi) is 4.87. The summed E-state index contributed by atoms with van der Waals surface area (Å²) in [5.74, 6) is 0.0397. The predicted octanol–water partition coefficient (Wildman–Crippen LogP) is 2.37. The standard InChI is InChI=1S/C14H15FN2O3S/c1-19-6-5-17-11(8-13(18)16-14(17)21)10-7-9(15)3-4-12(10)20-2/h3-4,7-8H,5-6H2,1-2H3,(H,16,18,21). The second kappa shape index (κ2) is 6.64. The van der Waals surface area contributed by atoms with Crippen LogP contribution in [0.1, 0.15) is 0 Å². The Labute approximate surface area is 126 Å². The Morgan fingerprint density at radius 1 is 1.33 bits per heavy atom. The highest BCUT2D eigenvalue weighted by Crippen LogP contribution is 2.29. The van der Waals surface area contributed by atoms with Crippen LogP contribution in [0.15, 0.2) is 29.1 Å². The van der Waals surface area contributed by atoms with Gasteiger partial charge in [0.1, 0.15) is 11.6 Å². The van der Waals surface area contributed by atoms with Gasteiger partial charge in [-0.15, -0.1) is 0 Å². The van der Waals surface area contributed by atoms with Gasteiger partial charge in [-0.25, -0.2) is 4.39 Å². The van der Waals surface area contributed by atoms with Crippen molar-refractivity contribution >= 4 is 12.2 Å². The van der Waals surface area contributed by atoms with Gasteiger partial charge >= 0.3 is 0 Å². The molecule has 0 fully saturated rings. The maximum atomic E-state index is 13.6.